The van der Waals surface area contributed by atoms with Crippen molar-refractivity contribution >= 4 is 39.8 Å². The lowest BCUT2D eigenvalue weighted by molar-refractivity contribution is 0.623. The fraction of sp³-hybridized carbons (Fsp3) is 0.261. The first-order chi connectivity index (χ1) is 14.0. The molecule has 3 aromatic rings. The van der Waals surface area contributed by atoms with Crippen LogP contribution in [0.3, 0.4) is 0 Å². The highest BCUT2D eigenvalue weighted by atomic mass is 35.5. The Balaban J connectivity index is 2.46. The van der Waals surface area contributed by atoms with Gasteiger partial charge < -0.3 is 0 Å². The number of pyridine rings is 1. The van der Waals surface area contributed by atoms with E-state index in [0.29, 0.717) is 15.7 Å². The molecule has 4 nitrogen and oxygen atoms in total. The first-order valence-electron chi connectivity index (χ1n) is 9.63. The van der Waals surface area contributed by atoms with Gasteiger partial charge in [0.05, 0.1) is 24.0 Å². The summed E-state index contributed by atoms with van der Waals surface area (Å²) in [5.41, 5.74) is 8.36. The van der Waals surface area contributed by atoms with E-state index in [4.69, 9.17) is 28.2 Å². The van der Waals surface area contributed by atoms with Crippen molar-refractivity contribution in [3.8, 4) is 11.1 Å². The predicted molar refractivity (Wildman–Crippen MR) is 123 cm³/mol. The minimum atomic E-state index is 0.278. The molecule has 29 heavy (non-hydrogen) atoms. The SMILES string of the molecule is C=C(NN=NC)c1c(C(CC)CC)nc2ccc(Cl)cc2c1-c1cccc(Cl)c1. The van der Waals surface area contributed by atoms with Gasteiger partial charge in [0.15, 0.2) is 0 Å². The van der Waals surface area contributed by atoms with Crippen LogP contribution in [0, 0.1) is 0 Å². The van der Waals surface area contributed by atoms with Gasteiger partial charge in [0.25, 0.3) is 0 Å². The molecule has 3 rings (SSSR count). The van der Waals surface area contributed by atoms with Crippen LogP contribution in [0.2, 0.25) is 10.0 Å². The topological polar surface area (TPSA) is 49.6 Å². The van der Waals surface area contributed by atoms with E-state index in [2.05, 4.69) is 36.2 Å². The highest BCUT2D eigenvalue weighted by Crippen LogP contribution is 2.41. The quantitative estimate of drug-likeness (QED) is 0.311. The second kappa shape index (κ2) is 9.38. The molecule has 0 saturated heterocycles. The number of nitrogens with zero attached hydrogens (tertiary/aromatic N) is 3. The van der Waals surface area contributed by atoms with Crippen molar-refractivity contribution in [2.45, 2.75) is 32.6 Å². The maximum Gasteiger partial charge on any atom is 0.0713 e. The van der Waals surface area contributed by atoms with Crippen molar-refractivity contribution < 1.29 is 0 Å². The summed E-state index contributed by atoms with van der Waals surface area (Å²) in [5.74, 6) is 0.278. The third-order valence-electron chi connectivity index (χ3n) is 5.05. The molecule has 0 aliphatic carbocycles. The second-order valence-corrected chi connectivity index (χ2v) is 7.70. The third-order valence-corrected chi connectivity index (χ3v) is 5.52. The first-order valence-corrected chi connectivity index (χ1v) is 10.4. The predicted octanol–water partition coefficient (Wildman–Crippen LogP) is 7.67. The normalized spacial score (nSPS) is 11.5. The zero-order valence-electron chi connectivity index (χ0n) is 16.8. The van der Waals surface area contributed by atoms with Crippen LogP contribution in [0.15, 0.2) is 59.4 Å². The van der Waals surface area contributed by atoms with E-state index >= 15 is 0 Å². The van der Waals surface area contributed by atoms with E-state index in [1.165, 1.54) is 0 Å². The van der Waals surface area contributed by atoms with E-state index in [1.54, 1.807) is 7.05 Å². The lowest BCUT2D eigenvalue weighted by Crippen LogP contribution is -2.12. The molecule has 0 atom stereocenters. The van der Waals surface area contributed by atoms with E-state index in [1.807, 2.05) is 42.5 Å². The van der Waals surface area contributed by atoms with E-state index in [9.17, 15) is 0 Å². The summed E-state index contributed by atoms with van der Waals surface area (Å²) in [4.78, 5) is 5.03. The van der Waals surface area contributed by atoms with Crippen molar-refractivity contribution in [1.82, 2.24) is 10.4 Å². The molecule has 0 fully saturated rings. The van der Waals surface area contributed by atoms with Gasteiger partial charge in [-0.3, -0.25) is 10.4 Å². The Hall–Kier alpha value is -2.43. The van der Waals surface area contributed by atoms with Crippen LogP contribution >= 0.6 is 23.2 Å². The van der Waals surface area contributed by atoms with Gasteiger partial charge in [0.1, 0.15) is 0 Å². The Morgan fingerprint density at radius 2 is 1.83 bits per heavy atom. The fourth-order valence-corrected chi connectivity index (χ4v) is 4.00. The van der Waals surface area contributed by atoms with Gasteiger partial charge in [0.2, 0.25) is 0 Å². The summed E-state index contributed by atoms with van der Waals surface area (Å²) >= 11 is 12.7. The van der Waals surface area contributed by atoms with Gasteiger partial charge >= 0.3 is 0 Å². The Labute approximate surface area is 181 Å². The molecule has 0 saturated carbocycles. The lowest BCUT2D eigenvalue weighted by atomic mass is 9.87. The minimum Gasteiger partial charge on any atom is -0.260 e. The number of hydrogen-bond donors (Lipinski definition) is 1. The number of fused-ring (bicyclic) bond motifs is 1. The van der Waals surface area contributed by atoms with Gasteiger partial charge in [-0.05, 0) is 48.7 Å². The van der Waals surface area contributed by atoms with Crippen molar-refractivity contribution in [1.29, 1.82) is 0 Å². The summed E-state index contributed by atoms with van der Waals surface area (Å²) in [5, 5.41) is 10.0. The molecule has 1 aromatic heterocycles. The Bertz CT molecular complexity index is 1070. The van der Waals surface area contributed by atoms with E-state index < -0.39 is 0 Å². The number of aromatic nitrogens is 1. The van der Waals surface area contributed by atoms with Crippen LogP contribution in [-0.2, 0) is 0 Å². The Morgan fingerprint density at radius 3 is 2.48 bits per heavy atom. The Kier molecular flexibility index (Phi) is 6.88. The largest absolute Gasteiger partial charge is 0.260 e. The standard InChI is InChI=1S/C23H24Cl2N4/c1-5-15(6-2)23-21(14(3)28-29-26-4)22(16-8-7-9-17(24)12-16)19-13-18(25)10-11-20(19)27-23/h7-13,15H,3,5-6H2,1-2,4H3,(H,26,28). The molecule has 0 aliphatic rings. The lowest BCUT2D eigenvalue weighted by Gasteiger charge is -2.23. The average molecular weight is 427 g/mol. The molecule has 2 aromatic carbocycles. The second-order valence-electron chi connectivity index (χ2n) is 6.82. The highest BCUT2D eigenvalue weighted by Gasteiger charge is 2.23. The van der Waals surface area contributed by atoms with Crippen molar-refractivity contribution in [3.63, 3.8) is 0 Å². The molecule has 0 aliphatic heterocycles. The van der Waals surface area contributed by atoms with Crippen LogP contribution in [0.25, 0.3) is 27.7 Å². The third kappa shape index (κ3) is 4.44. The number of hydrogen-bond acceptors (Lipinski definition) is 3. The number of rotatable bonds is 7. The molecule has 6 heteroatoms. The van der Waals surface area contributed by atoms with Crippen LogP contribution < -0.4 is 5.43 Å². The zero-order valence-corrected chi connectivity index (χ0v) is 18.3. The van der Waals surface area contributed by atoms with Crippen molar-refractivity contribution in [3.05, 3.63) is 70.3 Å². The maximum atomic E-state index is 6.36. The molecular weight excluding hydrogens is 403 g/mol. The summed E-state index contributed by atoms with van der Waals surface area (Å²) in [6.07, 6.45) is 1.93. The highest BCUT2D eigenvalue weighted by molar-refractivity contribution is 6.32. The summed E-state index contributed by atoms with van der Waals surface area (Å²) in [6.45, 7) is 8.59. The summed E-state index contributed by atoms with van der Waals surface area (Å²) in [6, 6.07) is 13.6. The van der Waals surface area contributed by atoms with Gasteiger partial charge in [0, 0.05) is 32.5 Å². The summed E-state index contributed by atoms with van der Waals surface area (Å²) in [7, 11) is 1.61. The van der Waals surface area contributed by atoms with Crippen LogP contribution in [0.4, 0.5) is 0 Å². The van der Waals surface area contributed by atoms with Crippen molar-refractivity contribution in [2.24, 2.45) is 10.3 Å². The van der Waals surface area contributed by atoms with Gasteiger partial charge in [-0.15, -0.1) is 0 Å². The molecule has 150 valence electrons. The van der Waals surface area contributed by atoms with Gasteiger partial charge in [-0.1, -0.05) is 61.0 Å². The van der Waals surface area contributed by atoms with Gasteiger partial charge in [-0.25, -0.2) is 0 Å². The molecule has 0 unspecified atom stereocenters. The summed E-state index contributed by atoms with van der Waals surface area (Å²) < 4.78 is 0. The smallest absolute Gasteiger partial charge is 0.0713 e. The molecule has 0 bridgehead atoms. The molecule has 1 heterocycles. The Morgan fingerprint density at radius 1 is 1.10 bits per heavy atom. The monoisotopic (exact) mass is 426 g/mol. The minimum absolute atomic E-state index is 0.278. The van der Waals surface area contributed by atoms with E-state index in [0.717, 1.165) is 46.1 Å². The van der Waals surface area contributed by atoms with Gasteiger partial charge in [-0.2, -0.15) is 5.11 Å². The number of benzene rings is 2. The van der Waals surface area contributed by atoms with E-state index in [-0.39, 0.29) is 5.92 Å². The number of nitrogens with one attached hydrogen (secondary N) is 1. The van der Waals surface area contributed by atoms with Crippen LogP contribution in [0.5, 0.6) is 0 Å². The fourth-order valence-electron chi connectivity index (χ4n) is 3.64. The molecule has 0 amide bonds. The van der Waals surface area contributed by atoms with Crippen molar-refractivity contribution in [2.75, 3.05) is 7.05 Å². The maximum absolute atomic E-state index is 6.36. The zero-order chi connectivity index (χ0) is 21.0. The van der Waals surface area contributed by atoms with Crippen LogP contribution in [0.1, 0.15) is 43.9 Å². The average Bonchev–Trinajstić information content (AvgIpc) is 2.72. The first kappa shape index (κ1) is 21.3. The molecule has 1 N–H and O–H groups in total. The molecule has 0 spiro atoms. The molecular formula is C23H24Cl2N4. The van der Waals surface area contributed by atoms with Crippen LogP contribution in [-0.4, -0.2) is 12.0 Å². The molecule has 0 radical (unpaired) electrons. The number of halogens is 2.